The quantitative estimate of drug-likeness (QED) is 0.750. The van der Waals surface area contributed by atoms with Crippen LogP contribution in [0.15, 0.2) is 21.9 Å². The third-order valence-corrected chi connectivity index (χ3v) is 2.36. The van der Waals surface area contributed by atoms with Crippen LogP contribution in [0, 0.1) is 0 Å². The molecule has 2 rings (SSSR count). The molecule has 0 bridgehead atoms. The van der Waals surface area contributed by atoms with Crippen molar-refractivity contribution in [2.24, 2.45) is 0 Å². The van der Waals surface area contributed by atoms with Crippen molar-refractivity contribution in [3.8, 4) is 0 Å². The molecule has 16 heavy (non-hydrogen) atoms. The van der Waals surface area contributed by atoms with E-state index in [1.54, 1.807) is 0 Å². The molecule has 0 saturated carbocycles. The minimum atomic E-state index is -0.601. The summed E-state index contributed by atoms with van der Waals surface area (Å²) in [5.41, 5.74) is -0.828. The lowest BCUT2D eigenvalue weighted by Gasteiger charge is -2.17. The van der Waals surface area contributed by atoms with Gasteiger partial charge in [-0.15, -0.1) is 0 Å². The van der Waals surface area contributed by atoms with Gasteiger partial charge < -0.3 is 9.47 Å². The Morgan fingerprint density at radius 3 is 2.88 bits per heavy atom. The van der Waals surface area contributed by atoms with Gasteiger partial charge in [0.15, 0.2) is 5.79 Å². The number of H-pyrrole nitrogens is 1. The van der Waals surface area contributed by atoms with Crippen LogP contribution in [0.4, 0.5) is 0 Å². The first-order valence-electron chi connectivity index (χ1n) is 5.08. The molecule has 88 valence electrons. The fraction of sp³-hybridized carbons (Fsp3) is 0.600. The van der Waals surface area contributed by atoms with Crippen molar-refractivity contribution in [3.63, 3.8) is 0 Å². The van der Waals surface area contributed by atoms with E-state index < -0.39 is 17.0 Å². The average Bonchev–Trinajstić information content (AvgIpc) is 2.51. The minimum absolute atomic E-state index is 0.168. The molecule has 1 aromatic rings. The zero-order chi connectivity index (χ0) is 11.8. The molecule has 0 radical (unpaired) electrons. The fourth-order valence-corrected chi connectivity index (χ4v) is 1.66. The van der Waals surface area contributed by atoms with E-state index in [1.165, 1.54) is 16.8 Å². The van der Waals surface area contributed by atoms with Gasteiger partial charge in [0.2, 0.25) is 0 Å². The lowest BCUT2D eigenvalue weighted by atomic mass is 10.3. The third kappa shape index (κ3) is 2.40. The summed E-state index contributed by atoms with van der Waals surface area (Å²) in [5.74, 6) is -0.601. The SMILES string of the molecule is CC1(C)OCC(Cn2ccc(=O)[nH]c2=O)O1. The Kier molecular flexibility index (Phi) is 2.69. The second-order valence-corrected chi connectivity index (χ2v) is 4.21. The molecule has 1 fully saturated rings. The molecule has 1 saturated heterocycles. The Labute approximate surface area is 91.8 Å². The summed E-state index contributed by atoms with van der Waals surface area (Å²) in [6.45, 7) is 4.46. The number of nitrogens with one attached hydrogen (secondary N) is 1. The molecule has 1 aromatic heterocycles. The van der Waals surface area contributed by atoms with E-state index in [4.69, 9.17) is 9.47 Å². The fourth-order valence-electron chi connectivity index (χ4n) is 1.66. The van der Waals surface area contributed by atoms with Crippen LogP contribution in [0.1, 0.15) is 13.8 Å². The van der Waals surface area contributed by atoms with Crippen LogP contribution in [0.2, 0.25) is 0 Å². The van der Waals surface area contributed by atoms with Gasteiger partial charge >= 0.3 is 5.69 Å². The van der Waals surface area contributed by atoms with Gasteiger partial charge in [-0.3, -0.25) is 14.3 Å². The first-order chi connectivity index (χ1) is 7.46. The maximum Gasteiger partial charge on any atom is 0.328 e. The van der Waals surface area contributed by atoms with E-state index in [1.807, 2.05) is 13.8 Å². The first kappa shape index (κ1) is 11.1. The maximum absolute atomic E-state index is 11.4. The Balaban J connectivity index is 2.11. The number of aromatic nitrogens is 2. The van der Waals surface area contributed by atoms with Crippen LogP contribution in [0.3, 0.4) is 0 Å². The van der Waals surface area contributed by atoms with E-state index in [9.17, 15) is 9.59 Å². The summed E-state index contributed by atoms with van der Waals surface area (Å²) in [6.07, 6.45) is 1.29. The highest BCUT2D eigenvalue weighted by Crippen LogP contribution is 2.22. The van der Waals surface area contributed by atoms with Gasteiger partial charge in [0.1, 0.15) is 6.10 Å². The van der Waals surface area contributed by atoms with Crippen LogP contribution < -0.4 is 11.2 Å². The molecule has 0 amide bonds. The van der Waals surface area contributed by atoms with Crippen molar-refractivity contribution in [3.05, 3.63) is 33.1 Å². The molecule has 1 N–H and O–H groups in total. The van der Waals surface area contributed by atoms with Gasteiger partial charge in [0.25, 0.3) is 5.56 Å². The molecule has 6 nitrogen and oxygen atoms in total. The third-order valence-electron chi connectivity index (χ3n) is 2.36. The molecule has 0 aliphatic carbocycles. The highest BCUT2D eigenvalue weighted by atomic mass is 16.7. The van der Waals surface area contributed by atoms with Gasteiger partial charge in [-0.1, -0.05) is 0 Å². The standard InChI is InChI=1S/C10H14N2O4/c1-10(2)15-6-7(16-10)5-12-4-3-8(13)11-9(12)14/h3-4,7H,5-6H2,1-2H3,(H,11,13,14). The van der Waals surface area contributed by atoms with Crippen LogP contribution in [-0.4, -0.2) is 28.0 Å². The topological polar surface area (TPSA) is 73.3 Å². The number of hydrogen-bond donors (Lipinski definition) is 1. The number of ether oxygens (including phenoxy) is 2. The van der Waals surface area contributed by atoms with E-state index in [-0.39, 0.29) is 6.10 Å². The monoisotopic (exact) mass is 226 g/mol. The Morgan fingerprint density at radius 1 is 1.56 bits per heavy atom. The molecular weight excluding hydrogens is 212 g/mol. The molecule has 0 aromatic carbocycles. The summed E-state index contributed by atoms with van der Waals surface area (Å²) in [5, 5.41) is 0. The Hall–Kier alpha value is -1.40. The second kappa shape index (κ2) is 3.88. The lowest BCUT2D eigenvalue weighted by Crippen LogP contribution is -2.33. The van der Waals surface area contributed by atoms with Crippen LogP contribution in [0.25, 0.3) is 0 Å². The average molecular weight is 226 g/mol. The Morgan fingerprint density at radius 2 is 2.31 bits per heavy atom. The summed E-state index contributed by atoms with van der Waals surface area (Å²) >= 11 is 0. The highest BCUT2D eigenvalue weighted by Gasteiger charge is 2.32. The number of rotatable bonds is 2. The van der Waals surface area contributed by atoms with Gasteiger partial charge in [-0.25, -0.2) is 4.79 Å². The molecule has 1 aliphatic rings. The largest absolute Gasteiger partial charge is 0.348 e. The molecule has 1 aliphatic heterocycles. The van der Waals surface area contributed by atoms with Crippen molar-refractivity contribution < 1.29 is 9.47 Å². The molecule has 6 heteroatoms. The first-order valence-corrected chi connectivity index (χ1v) is 5.08. The highest BCUT2D eigenvalue weighted by molar-refractivity contribution is 4.84. The molecule has 2 heterocycles. The number of nitrogens with zero attached hydrogens (tertiary/aromatic N) is 1. The van der Waals surface area contributed by atoms with Gasteiger partial charge in [-0.2, -0.15) is 0 Å². The van der Waals surface area contributed by atoms with Crippen molar-refractivity contribution in [1.29, 1.82) is 0 Å². The number of hydrogen-bond acceptors (Lipinski definition) is 4. The van der Waals surface area contributed by atoms with E-state index >= 15 is 0 Å². The van der Waals surface area contributed by atoms with Crippen molar-refractivity contribution >= 4 is 0 Å². The lowest BCUT2D eigenvalue weighted by molar-refractivity contribution is -0.139. The van der Waals surface area contributed by atoms with Crippen molar-refractivity contribution in [1.82, 2.24) is 9.55 Å². The van der Waals surface area contributed by atoms with Gasteiger partial charge in [-0.05, 0) is 13.8 Å². The van der Waals surface area contributed by atoms with Gasteiger partial charge in [0.05, 0.1) is 13.2 Å². The normalized spacial score (nSPS) is 23.5. The predicted octanol–water partition coefficient (Wildman–Crippen LogP) is -0.312. The maximum atomic E-state index is 11.4. The van der Waals surface area contributed by atoms with Crippen molar-refractivity contribution in [2.45, 2.75) is 32.3 Å². The van der Waals surface area contributed by atoms with Crippen LogP contribution in [0.5, 0.6) is 0 Å². The molecule has 1 atom stereocenters. The van der Waals surface area contributed by atoms with Crippen molar-refractivity contribution in [2.75, 3.05) is 6.61 Å². The van der Waals surface area contributed by atoms with E-state index in [2.05, 4.69) is 4.98 Å². The summed E-state index contributed by atoms with van der Waals surface area (Å²) in [6, 6.07) is 1.31. The minimum Gasteiger partial charge on any atom is -0.348 e. The van der Waals surface area contributed by atoms with Crippen LogP contribution >= 0.6 is 0 Å². The van der Waals surface area contributed by atoms with Gasteiger partial charge in [0, 0.05) is 12.3 Å². The summed E-state index contributed by atoms with van der Waals surface area (Å²) in [4.78, 5) is 24.4. The van der Waals surface area contributed by atoms with E-state index in [0.717, 1.165) is 0 Å². The van der Waals surface area contributed by atoms with E-state index in [0.29, 0.717) is 13.2 Å². The van der Waals surface area contributed by atoms with Crippen LogP contribution in [-0.2, 0) is 16.0 Å². The summed E-state index contributed by atoms with van der Waals surface area (Å²) < 4.78 is 12.3. The predicted molar refractivity (Wildman–Crippen MR) is 56.2 cm³/mol. The summed E-state index contributed by atoms with van der Waals surface area (Å²) in [7, 11) is 0. The number of aromatic amines is 1. The molecule has 0 spiro atoms. The Bertz CT molecular complexity index is 488. The zero-order valence-electron chi connectivity index (χ0n) is 9.23. The second-order valence-electron chi connectivity index (χ2n) is 4.21. The molecule has 1 unspecified atom stereocenters. The zero-order valence-corrected chi connectivity index (χ0v) is 9.23. The smallest absolute Gasteiger partial charge is 0.328 e. The molecular formula is C10H14N2O4.